The van der Waals surface area contributed by atoms with Gasteiger partial charge in [0.2, 0.25) is 0 Å². The molecule has 8 aliphatic rings. The SMILES string of the molecule is c1cncc(C23C4[C@H]5C[C@@H]2C2C5[C@H]5C6CC([C@@H]45)[C@H]3[C@@H]62)c1. The van der Waals surface area contributed by atoms with Gasteiger partial charge in [-0.1, -0.05) is 6.07 Å². The van der Waals surface area contributed by atoms with Gasteiger partial charge >= 0.3 is 0 Å². The Morgan fingerprint density at radius 1 is 0.900 bits per heavy atom. The van der Waals surface area contributed by atoms with E-state index in [2.05, 4.69) is 23.3 Å². The maximum Gasteiger partial charge on any atom is 0.0305 e. The predicted octanol–water partition coefficient (Wildman–Crippen LogP) is 2.97. The summed E-state index contributed by atoms with van der Waals surface area (Å²) >= 11 is 0. The zero-order valence-electron chi connectivity index (χ0n) is 11.5. The highest BCUT2D eigenvalue weighted by Gasteiger charge is 2.93. The minimum atomic E-state index is 0.625. The fourth-order valence-corrected chi connectivity index (χ4v) is 10.8. The molecule has 1 heteroatoms. The smallest absolute Gasteiger partial charge is 0.0305 e. The average Bonchev–Trinajstić information content (AvgIpc) is 3.20. The second-order valence-corrected chi connectivity index (χ2v) is 9.18. The molecule has 20 heavy (non-hydrogen) atoms. The van der Waals surface area contributed by atoms with E-state index in [9.17, 15) is 0 Å². The molecule has 1 heterocycles. The first kappa shape index (κ1) is 9.23. The van der Waals surface area contributed by atoms with E-state index >= 15 is 0 Å². The lowest BCUT2D eigenvalue weighted by Gasteiger charge is -2.40. The van der Waals surface area contributed by atoms with Crippen molar-refractivity contribution in [1.82, 2.24) is 4.98 Å². The normalized spacial score (nSPS) is 74.3. The highest BCUT2D eigenvalue weighted by Crippen LogP contribution is 2.96. The standard InChI is InChI=1S/C19H19N/c1-2-7(6-20-3-1)19-11-5-10-13-12-8-4-9(15(12)18(10)19)17(19)14(8)16(11)13/h1-3,6,8-18H,4-5H2/t8?,9?,10-,11+,12+,13?,14-,15+,16?,17-,18?,19?/m0/s1. The van der Waals surface area contributed by atoms with Crippen LogP contribution in [0.4, 0.5) is 0 Å². The zero-order chi connectivity index (χ0) is 12.4. The molecule has 1 aromatic heterocycles. The minimum absolute atomic E-state index is 0.625. The molecular weight excluding hydrogens is 242 g/mol. The molecule has 100 valence electrons. The molecule has 12 atom stereocenters. The van der Waals surface area contributed by atoms with Crippen molar-refractivity contribution in [3.05, 3.63) is 30.1 Å². The summed E-state index contributed by atoms with van der Waals surface area (Å²) in [5, 5.41) is 0. The van der Waals surface area contributed by atoms with Gasteiger partial charge in [-0.2, -0.15) is 0 Å². The molecule has 9 rings (SSSR count). The van der Waals surface area contributed by atoms with Crippen LogP contribution in [0, 0.1) is 65.1 Å². The summed E-state index contributed by atoms with van der Waals surface area (Å²) in [5.41, 5.74) is 2.30. The van der Waals surface area contributed by atoms with E-state index in [1.165, 1.54) is 17.8 Å². The van der Waals surface area contributed by atoms with Crippen molar-refractivity contribution in [3.63, 3.8) is 0 Å². The summed E-state index contributed by atoms with van der Waals surface area (Å²) in [6, 6.07) is 4.66. The molecule has 0 aliphatic heterocycles. The fraction of sp³-hybridized carbons (Fsp3) is 0.737. The lowest BCUT2D eigenvalue weighted by molar-refractivity contribution is 0.175. The van der Waals surface area contributed by atoms with Crippen LogP contribution >= 0.6 is 0 Å². The van der Waals surface area contributed by atoms with E-state index in [-0.39, 0.29) is 0 Å². The molecule has 0 saturated heterocycles. The van der Waals surface area contributed by atoms with Crippen LogP contribution in [0.3, 0.4) is 0 Å². The van der Waals surface area contributed by atoms with Gasteiger partial charge in [-0.3, -0.25) is 4.98 Å². The molecule has 0 radical (unpaired) electrons. The first-order chi connectivity index (χ1) is 9.94. The van der Waals surface area contributed by atoms with Gasteiger partial charge in [0.1, 0.15) is 0 Å². The third-order valence-corrected chi connectivity index (χ3v) is 9.92. The van der Waals surface area contributed by atoms with Gasteiger partial charge in [-0.05, 0) is 89.6 Å². The van der Waals surface area contributed by atoms with E-state index in [4.69, 9.17) is 0 Å². The zero-order valence-corrected chi connectivity index (χ0v) is 11.5. The topological polar surface area (TPSA) is 12.9 Å². The summed E-state index contributed by atoms with van der Waals surface area (Å²) in [5.74, 6) is 12.6. The molecule has 0 amide bonds. The van der Waals surface area contributed by atoms with Crippen molar-refractivity contribution in [2.75, 3.05) is 0 Å². The van der Waals surface area contributed by atoms with Crippen LogP contribution in [-0.2, 0) is 5.41 Å². The first-order valence-electron chi connectivity index (χ1n) is 8.84. The largest absolute Gasteiger partial charge is 0.264 e. The summed E-state index contributed by atoms with van der Waals surface area (Å²) < 4.78 is 0. The number of nitrogens with zero attached hydrogens (tertiary/aromatic N) is 1. The lowest BCUT2D eigenvalue weighted by atomic mass is 9.63. The van der Waals surface area contributed by atoms with Crippen LogP contribution in [0.25, 0.3) is 0 Å². The van der Waals surface area contributed by atoms with Gasteiger partial charge in [0.05, 0.1) is 0 Å². The maximum absolute atomic E-state index is 4.54. The van der Waals surface area contributed by atoms with Crippen LogP contribution < -0.4 is 0 Å². The molecular formula is C19H19N. The van der Waals surface area contributed by atoms with Crippen molar-refractivity contribution in [2.45, 2.75) is 18.3 Å². The Bertz CT molecular complexity index is 670. The number of pyridine rings is 1. The Hall–Kier alpha value is -0.850. The quantitative estimate of drug-likeness (QED) is 0.757. The van der Waals surface area contributed by atoms with Crippen molar-refractivity contribution in [2.24, 2.45) is 65.1 Å². The minimum Gasteiger partial charge on any atom is -0.264 e. The molecule has 1 nitrogen and oxygen atoms in total. The molecule has 0 aromatic carbocycles. The maximum atomic E-state index is 4.54. The second-order valence-electron chi connectivity index (χ2n) is 9.18. The number of hydrogen-bond donors (Lipinski definition) is 0. The lowest BCUT2D eigenvalue weighted by Crippen LogP contribution is -2.39. The summed E-state index contributed by atoms with van der Waals surface area (Å²) in [6.45, 7) is 0. The van der Waals surface area contributed by atoms with E-state index < -0.39 is 0 Å². The molecule has 6 unspecified atom stereocenters. The number of rotatable bonds is 1. The van der Waals surface area contributed by atoms with Crippen LogP contribution in [0.15, 0.2) is 24.5 Å². The average molecular weight is 261 g/mol. The Kier molecular flexibility index (Phi) is 1.06. The van der Waals surface area contributed by atoms with Crippen LogP contribution in [-0.4, -0.2) is 4.98 Å². The molecule has 0 spiro atoms. The molecule has 8 fully saturated rings. The number of hydrogen-bond acceptors (Lipinski definition) is 1. The van der Waals surface area contributed by atoms with E-state index in [1.807, 2.05) is 6.20 Å². The van der Waals surface area contributed by atoms with Crippen molar-refractivity contribution in [1.29, 1.82) is 0 Å². The Labute approximate surface area is 119 Å². The highest BCUT2D eigenvalue weighted by atomic mass is 15.0. The third-order valence-electron chi connectivity index (χ3n) is 9.92. The van der Waals surface area contributed by atoms with Gasteiger partial charge in [-0.15, -0.1) is 0 Å². The molecule has 8 saturated carbocycles. The predicted molar refractivity (Wildman–Crippen MR) is 73.5 cm³/mol. The molecule has 8 aliphatic carbocycles. The monoisotopic (exact) mass is 261 g/mol. The fourth-order valence-electron chi connectivity index (χ4n) is 10.8. The van der Waals surface area contributed by atoms with E-state index in [0.717, 1.165) is 47.3 Å². The van der Waals surface area contributed by atoms with E-state index in [0.29, 0.717) is 5.41 Å². The van der Waals surface area contributed by atoms with Gasteiger partial charge in [0.25, 0.3) is 0 Å². The Balaban J connectivity index is 1.55. The highest BCUT2D eigenvalue weighted by molar-refractivity contribution is 5.48. The Morgan fingerprint density at radius 2 is 1.70 bits per heavy atom. The van der Waals surface area contributed by atoms with Crippen molar-refractivity contribution in [3.8, 4) is 0 Å². The third kappa shape index (κ3) is 0.538. The van der Waals surface area contributed by atoms with Gasteiger partial charge in [0, 0.05) is 17.8 Å². The van der Waals surface area contributed by atoms with Crippen LogP contribution in [0.2, 0.25) is 0 Å². The summed E-state index contributed by atoms with van der Waals surface area (Å²) in [7, 11) is 0. The molecule has 0 N–H and O–H groups in total. The summed E-state index contributed by atoms with van der Waals surface area (Å²) in [6.07, 6.45) is 7.48. The summed E-state index contributed by atoms with van der Waals surface area (Å²) in [4.78, 5) is 4.54. The molecule has 4 bridgehead atoms. The number of aromatic nitrogens is 1. The van der Waals surface area contributed by atoms with Gasteiger partial charge in [0.15, 0.2) is 0 Å². The van der Waals surface area contributed by atoms with Crippen molar-refractivity contribution < 1.29 is 0 Å². The van der Waals surface area contributed by atoms with E-state index in [1.54, 1.807) is 18.4 Å². The van der Waals surface area contributed by atoms with Crippen LogP contribution in [0.5, 0.6) is 0 Å². The first-order valence-corrected chi connectivity index (χ1v) is 8.84. The van der Waals surface area contributed by atoms with Gasteiger partial charge < -0.3 is 0 Å². The Morgan fingerprint density at radius 3 is 2.55 bits per heavy atom. The second kappa shape index (κ2) is 2.30. The van der Waals surface area contributed by atoms with Crippen molar-refractivity contribution >= 4 is 0 Å². The van der Waals surface area contributed by atoms with Crippen LogP contribution in [0.1, 0.15) is 18.4 Å². The van der Waals surface area contributed by atoms with Gasteiger partial charge in [-0.25, -0.2) is 0 Å². The molecule has 1 aromatic rings.